The molecule has 0 aliphatic carbocycles. The lowest BCUT2D eigenvalue weighted by Crippen LogP contribution is -2.38. The molecule has 0 saturated carbocycles. The maximum absolute atomic E-state index is 12.9. The lowest BCUT2D eigenvalue weighted by Gasteiger charge is -2.29. The zero-order valence-corrected chi connectivity index (χ0v) is 15.5. The molecule has 1 aliphatic heterocycles. The molecule has 1 aliphatic rings. The van der Waals surface area contributed by atoms with E-state index in [2.05, 4.69) is 4.98 Å². The summed E-state index contributed by atoms with van der Waals surface area (Å²) in [6.07, 6.45) is 0.654. The number of ether oxygens (including phenoxy) is 2. The molecule has 2 heterocycles. The normalized spacial score (nSPS) is 15.7. The summed E-state index contributed by atoms with van der Waals surface area (Å²) in [5, 5.41) is 1.10. The topological polar surface area (TPSA) is 51.7 Å². The highest BCUT2D eigenvalue weighted by Crippen LogP contribution is 2.36. The minimum Gasteiger partial charge on any atom is -0.493 e. The van der Waals surface area contributed by atoms with Crippen LogP contribution in [0.1, 0.15) is 11.3 Å². The summed E-state index contributed by atoms with van der Waals surface area (Å²) in [6.45, 7) is 0.840. The number of aromatic nitrogens is 1. The van der Waals surface area contributed by atoms with Crippen molar-refractivity contribution in [1.82, 2.24) is 9.88 Å². The smallest absolute Gasteiger partial charge is 0.229 e. The molecule has 0 saturated heterocycles. The van der Waals surface area contributed by atoms with E-state index in [1.54, 1.807) is 12.0 Å². The second-order valence-electron chi connectivity index (χ2n) is 6.85. The molecular weight excluding hydrogens is 340 g/mol. The molecule has 1 atom stereocenters. The van der Waals surface area contributed by atoms with Gasteiger partial charge in [0, 0.05) is 12.4 Å². The van der Waals surface area contributed by atoms with Crippen LogP contribution >= 0.6 is 0 Å². The van der Waals surface area contributed by atoms with Crippen molar-refractivity contribution in [3.8, 4) is 11.5 Å². The van der Waals surface area contributed by atoms with Gasteiger partial charge in [-0.05, 0) is 30.2 Å². The maximum Gasteiger partial charge on any atom is 0.229 e. The molecule has 138 valence electrons. The van der Waals surface area contributed by atoms with E-state index in [0.29, 0.717) is 25.3 Å². The molecule has 5 nitrogen and oxygen atoms in total. The molecule has 0 radical (unpaired) electrons. The Morgan fingerprint density at radius 1 is 1.19 bits per heavy atom. The van der Waals surface area contributed by atoms with Crippen LogP contribution in [0.3, 0.4) is 0 Å². The average Bonchev–Trinajstić information content (AvgIpc) is 2.72. The Balaban J connectivity index is 1.47. The summed E-state index contributed by atoms with van der Waals surface area (Å²) in [4.78, 5) is 19.3. The van der Waals surface area contributed by atoms with E-state index in [-0.39, 0.29) is 11.8 Å². The monoisotopic (exact) mass is 362 g/mol. The Labute approximate surface area is 158 Å². The van der Waals surface area contributed by atoms with Gasteiger partial charge >= 0.3 is 0 Å². The molecule has 0 bridgehead atoms. The first-order valence-electron chi connectivity index (χ1n) is 9.04. The Hall–Kier alpha value is -3.08. The van der Waals surface area contributed by atoms with E-state index < -0.39 is 0 Å². The number of hydrogen-bond acceptors (Lipinski definition) is 4. The van der Waals surface area contributed by atoms with Crippen molar-refractivity contribution in [3.05, 3.63) is 65.9 Å². The Kier molecular flexibility index (Phi) is 4.67. The highest BCUT2D eigenvalue weighted by Gasteiger charge is 2.29. The predicted molar refractivity (Wildman–Crippen MR) is 104 cm³/mol. The van der Waals surface area contributed by atoms with Crippen LogP contribution in [0.5, 0.6) is 11.5 Å². The van der Waals surface area contributed by atoms with Gasteiger partial charge in [-0.25, -0.2) is 0 Å². The van der Waals surface area contributed by atoms with Gasteiger partial charge in [-0.1, -0.05) is 36.4 Å². The number of amides is 1. The van der Waals surface area contributed by atoms with Gasteiger partial charge in [0.2, 0.25) is 5.91 Å². The van der Waals surface area contributed by atoms with E-state index in [4.69, 9.17) is 9.47 Å². The number of methoxy groups -OCH3 is 1. The Morgan fingerprint density at radius 3 is 2.89 bits per heavy atom. The number of para-hydroxylation sites is 2. The minimum atomic E-state index is -0.199. The first-order valence-corrected chi connectivity index (χ1v) is 9.04. The fourth-order valence-electron chi connectivity index (χ4n) is 3.54. The molecule has 5 heteroatoms. The number of carbonyl (C=O) groups excluding carboxylic acids is 1. The van der Waals surface area contributed by atoms with Crippen molar-refractivity contribution >= 4 is 16.8 Å². The molecule has 0 fully saturated rings. The lowest BCUT2D eigenvalue weighted by atomic mass is 9.95. The third-order valence-corrected chi connectivity index (χ3v) is 4.96. The van der Waals surface area contributed by atoms with E-state index >= 15 is 0 Å². The Morgan fingerprint density at radius 2 is 2.04 bits per heavy atom. The lowest BCUT2D eigenvalue weighted by molar-refractivity contribution is -0.136. The number of carbonyl (C=O) groups is 1. The molecule has 0 N–H and O–H groups in total. The third kappa shape index (κ3) is 3.45. The van der Waals surface area contributed by atoms with Crippen molar-refractivity contribution < 1.29 is 14.3 Å². The van der Waals surface area contributed by atoms with E-state index in [9.17, 15) is 4.79 Å². The van der Waals surface area contributed by atoms with Gasteiger partial charge in [0.1, 0.15) is 6.61 Å². The van der Waals surface area contributed by atoms with Crippen molar-refractivity contribution in [2.75, 3.05) is 20.8 Å². The van der Waals surface area contributed by atoms with Gasteiger partial charge in [-0.2, -0.15) is 0 Å². The van der Waals surface area contributed by atoms with Crippen LogP contribution in [-0.4, -0.2) is 36.6 Å². The van der Waals surface area contributed by atoms with Crippen LogP contribution in [0, 0.1) is 5.92 Å². The number of benzene rings is 2. The molecule has 2 aromatic carbocycles. The van der Waals surface area contributed by atoms with Crippen LogP contribution in [-0.2, 0) is 17.8 Å². The number of rotatable bonds is 4. The van der Waals surface area contributed by atoms with Gasteiger partial charge < -0.3 is 14.4 Å². The van der Waals surface area contributed by atoms with Crippen molar-refractivity contribution in [2.24, 2.45) is 5.92 Å². The molecule has 0 spiro atoms. The van der Waals surface area contributed by atoms with Gasteiger partial charge in [-0.15, -0.1) is 0 Å². The average molecular weight is 362 g/mol. The molecular formula is C22H22N2O3. The van der Waals surface area contributed by atoms with Crippen LogP contribution in [0.4, 0.5) is 0 Å². The molecule has 1 amide bonds. The standard InChI is InChI=1S/C22H22N2O3/c1-24(13-18-11-10-15-6-3-4-8-19(15)23-18)22(25)17-12-16-7-5-9-20(26-2)21(16)27-14-17/h3-11,17H,12-14H2,1-2H3/t17-/m0/s1. The van der Waals surface area contributed by atoms with Crippen LogP contribution < -0.4 is 9.47 Å². The highest BCUT2D eigenvalue weighted by atomic mass is 16.5. The molecule has 3 aromatic rings. The summed E-state index contributed by atoms with van der Waals surface area (Å²) in [5.41, 5.74) is 2.83. The SMILES string of the molecule is COc1cccc2c1OC[C@@H](C(=O)N(C)Cc1ccc3ccccc3n1)C2. The zero-order chi connectivity index (χ0) is 18.8. The predicted octanol–water partition coefficient (Wildman–Crippen LogP) is 3.45. The van der Waals surface area contributed by atoms with Gasteiger partial charge in [0.25, 0.3) is 0 Å². The molecule has 1 aromatic heterocycles. The van der Waals surface area contributed by atoms with Gasteiger partial charge in [-0.3, -0.25) is 9.78 Å². The minimum absolute atomic E-state index is 0.0680. The summed E-state index contributed by atoms with van der Waals surface area (Å²) in [5.74, 6) is 1.34. The van der Waals surface area contributed by atoms with Crippen molar-refractivity contribution in [1.29, 1.82) is 0 Å². The van der Waals surface area contributed by atoms with E-state index in [1.165, 1.54) is 0 Å². The fourth-order valence-corrected chi connectivity index (χ4v) is 3.54. The molecule has 4 rings (SSSR count). The molecule has 0 unspecified atom stereocenters. The fraction of sp³-hybridized carbons (Fsp3) is 0.273. The first kappa shape index (κ1) is 17.3. The van der Waals surface area contributed by atoms with Crippen LogP contribution in [0.2, 0.25) is 0 Å². The van der Waals surface area contributed by atoms with E-state index in [0.717, 1.165) is 27.9 Å². The van der Waals surface area contributed by atoms with Gasteiger partial charge in [0.05, 0.1) is 30.8 Å². The number of hydrogen-bond donors (Lipinski definition) is 0. The highest BCUT2D eigenvalue weighted by molar-refractivity contribution is 5.80. The summed E-state index contributed by atoms with van der Waals surface area (Å²) >= 11 is 0. The largest absolute Gasteiger partial charge is 0.493 e. The first-order chi connectivity index (χ1) is 13.2. The molecule has 27 heavy (non-hydrogen) atoms. The summed E-state index contributed by atoms with van der Waals surface area (Å²) < 4.78 is 11.2. The Bertz CT molecular complexity index is 986. The van der Waals surface area contributed by atoms with Gasteiger partial charge in [0.15, 0.2) is 11.5 Å². The van der Waals surface area contributed by atoms with E-state index in [1.807, 2.05) is 61.6 Å². The second kappa shape index (κ2) is 7.27. The summed E-state index contributed by atoms with van der Waals surface area (Å²) in [7, 11) is 3.45. The maximum atomic E-state index is 12.9. The third-order valence-electron chi connectivity index (χ3n) is 4.96. The second-order valence-corrected chi connectivity index (χ2v) is 6.85. The zero-order valence-electron chi connectivity index (χ0n) is 15.5. The van der Waals surface area contributed by atoms with Crippen LogP contribution in [0.25, 0.3) is 10.9 Å². The van der Waals surface area contributed by atoms with Crippen LogP contribution in [0.15, 0.2) is 54.6 Å². The number of fused-ring (bicyclic) bond motifs is 2. The summed E-state index contributed by atoms with van der Waals surface area (Å²) in [6, 6.07) is 17.8. The number of nitrogens with zero attached hydrogens (tertiary/aromatic N) is 2. The number of pyridine rings is 1. The van der Waals surface area contributed by atoms with Crippen molar-refractivity contribution in [3.63, 3.8) is 0 Å². The quantitative estimate of drug-likeness (QED) is 0.713. The van der Waals surface area contributed by atoms with Crippen molar-refractivity contribution in [2.45, 2.75) is 13.0 Å².